The fraction of sp³-hybridized carbons (Fsp3) is 0.800. The van der Waals surface area contributed by atoms with E-state index in [0.717, 1.165) is 0 Å². The maximum absolute atomic E-state index is 11.8. The molecule has 0 saturated carbocycles. The first-order valence-electron chi connectivity index (χ1n) is 4.38. The minimum absolute atomic E-state index is 0.109. The maximum atomic E-state index is 11.8. The molecule has 0 atom stereocenters. The number of oxime groups is 1. The van der Waals surface area contributed by atoms with Crippen molar-refractivity contribution in [2.45, 2.75) is 41.5 Å². The van der Waals surface area contributed by atoms with Gasteiger partial charge in [0.2, 0.25) is 0 Å². The molecule has 0 aromatic rings. The van der Waals surface area contributed by atoms with Gasteiger partial charge >= 0.3 is 0 Å². The molecule has 0 saturated heterocycles. The molecule has 0 aliphatic heterocycles. The number of carbonyl (C=O) groups is 1. The molecule has 0 aromatic heterocycles. The molecule has 0 aliphatic rings. The average molecular weight is 185 g/mol. The van der Waals surface area contributed by atoms with Crippen LogP contribution in [0.5, 0.6) is 0 Å². The van der Waals surface area contributed by atoms with Gasteiger partial charge in [-0.3, -0.25) is 4.79 Å². The number of ketones is 1. The van der Waals surface area contributed by atoms with E-state index in [2.05, 4.69) is 5.16 Å². The van der Waals surface area contributed by atoms with Crippen molar-refractivity contribution in [3.8, 4) is 0 Å². The van der Waals surface area contributed by atoms with Crippen LogP contribution in [0.15, 0.2) is 5.16 Å². The van der Waals surface area contributed by atoms with Gasteiger partial charge in [0.25, 0.3) is 0 Å². The van der Waals surface area contributed by atoms with Crippen molar-refractivity contribution in [3.05, 3.63) is 0 Å². The van der Waals surface area contributed by atoms with Crippen molar-refractivity contribution in [1.82, 2.24) is 0 Å². The Morgan fingerprint density at radius 3 is 1.46 bits per heavy atom. The van der Waals surface area contributed by atoms with Gasteiger partial charge < -0.3 is 5.21 Å². The molecular weight excluding hydrogens is 166 g/mol. The van der Waals surface area contributed by atoms with Crippen LogP contribution in [0.2, 0.25) is 0 Å². The first-order valence-corrected chi connectivity index (χ1v) is 4.38. The van der Waals surface area contributed by atoms with Gasteiger partial charge in [-0.15, -0.1) is 0 Å². The number of Topliss-reactive ketones (excluding diaryl/α,β-unsaturated/α-hetero) is 1. The van der Waals surface area contributed by atoms with E-state index in [4.69, 9.17) is 5.21 Å². The van der Waals surface area contributed by atoms with Crippen LogP contribution in [-0.2, 0) is 4.79 Å². The Morgan fingerprint density at radius 2 is 1.38 bits per heavy atom. The minimum Gasteiger partial charge on any atom is -0.411 e. The summed E-state index contributed by atoms with van der Waals surface area (Å²) in [5, 5.41) is 11.9. The van der Waals surface area contributed by atoms with Crippen LogP contribution in [0.3, 0.4) is 0 Å². The molecule has 0 heterocycles. The summed E-state index contributed by atoms with van der Waals surface area (Å²) < 4.78 is 0. The van der Waals surface area contributed by atoms with Gasteiger partial charge in [-0.25, -0.2) is 0 Å². The summed E-state index contributed by atoms with van der Waals surface area (Å²) in [5.74, 6) is -0.109. The Labute approximate surface area is 79.8 Å². The average Bonchev–Trinajstić information content (AvgIpc) is 1.83. The molecule has 0 rings (SSSR count). The summed E-state index contributed by atoms with van der Waals surface area (Å²) in [6.07, 6.45) is 0. The predicted molar refractivity (Wildman–Crippen MR) is 53.1 cm³/mol. The lowest BCUT2D eigenvalue weighted by Crippen LogP contribution is -2.36. The number of hydrogen-bond acceptors (Lipinski definition) is 3. The molecule has 0 aromatic carbocycles. The lowest BCUT2D eigenvalue weighted by molar-refractivity contribution is -0.120. The highest BCUT2D eigenvalue weighted by atomic mass is 16.4. The lowest BCUT2D eigenvalue weighted by atomic mass is 9.78. The fourth-order valence-electron chi connectivity index (χ4n) is 0.891. The Hall–Kier alpha value is -0.860. The van der Waals surface area contributed by atoms with Gasteiger partial charge in [0.15, 0.2) is 5.78 Å². The van der Waals surface area contributed by atoms with Gasteiger partial charge in [-0.1, -0.05) is 46.7 Å². The summed E-state index contributed by atoms with van der Waals surface area (Å²) in [7, 11) is 0. The van der Waals surface area contributed by atoms with Crippen LogP contribution in [0.4, 0.5) is 0 Å². The van der Waals surface area contributed by atoms with Crippen LogP contribution in [-0.4, -0.2) is 16.7 Å². The molecule has 13 heavy (non-hydrogen) atoms. The molecule has 0 aliphatic carbocycles. The van der Waals surface area contributed by atoms with Crippen LogP contribution >= 0.6 is 0 Å². The predicted octanol–water partition coefficient (Wildman–Crippen LogP) is 2.48. The van der Waals surface area contributed by atoms with Crippen molar-refractivity contribution in [1.29, 1.82) is 0 Å². The molecule has 3 nitrogen and oxygen atoms in total. The topological polar surface area (TPSA) is 49.7 Å². The molecule has 0 radical (unpaired) electrons. The van der Waals surface area contributed by atoms with E-state index in [1.807, 2.05) is 41.5 Å². The molecule has 0 spiro atoms. The third-order valence-corrected chi connectivity index (χ3v) is 1.71. The molecular formula is C10H19NO2. The second-order valence-electron chi connectivity index (χ2n) is 5.28. The largest absolute Gasteiger partial charge is 0.411 e. The van der Waals surface area contributed by atoms with E-state index in [9.17, 15) is 4.79 Å². The molecule has 3 heteroatoms. The standard InChI is InChI=1S/C10H19NO2/c1-9(2,3)7(11-13)8(12)10(4,5)6/h13H,1-6H3/b11-7-. The number of hydrogen-bond donors (Lipinski definition) is 1. The summed E-state index contributed by atoms with van der Waals surface area (Å²) in [4.78, 5) is 11.8. The Kier molecular flexibility index (Phi) is 3.25. The van der Waals surface area contributed by atoms with Crippen LogP contribution in [0, 0.1) is 10.8 Å². The number of nitrogens with zero attached hydrogens (tertiary/aromatic N) is 1. The molecule has 76 valence electrons. The van der Waals surface area contributed by atoms with E-state index < -0.39 is 10.8 Å². The molecule has 0 bridgehead atoms. The van der Waals surface area contributed by atoms with Gasteiger partial charge in [-0.05, 0) is 0 Å². The molecule has 0 amide bonds. The highest BCUT2D eigenvalue weighted by molar-refractivity contribution is 6.42. The second-order valence-corrected chi connectivity index (χ2v) is 5.28. The normalized spacial score (nSPS) is 14.5. The van der Waals surface area contributed by atoms with Crippen molar-refractivity contribution < 1.29 is 10.0 Å². The van der Waals surface area contributed by atoms with Crippen LogP contribution < -0.4 is 0 Å². The Morgan fingerprint density at radius 1 is 1.00 bits per heavy atom. The zero-order valence-corrected chi connectivity index (χ0v) is 9.30. The van der Waals surface area contributed by atoms with Crippen LogP contribution in [0.25, 0.3) is 0 Å². The zero-order chi connectivity index (χ0) is 10.9. The monoisotopic (exact) mass is 185 g/mol. The van der Waals surface area contributed by atoms with Crippen molar-refractivity contribution >= 4 is 11.5 Å². The number of rotatable bonds is 1. The van der Waals surface area contributed by atoms with E-state index >= 15 is 0 Å². The Bertz CT molecular complexity index is 228. The first-order chi connectivity index (χ1) is 5.60. The van der Waals surface area contributed by atoms with E-state index in [0.29, 0.717) is 0 Å². The van der Waals surface area contributed by atoms with Crippen molar-refractivity contribution in [3.63, 3.8) is 0 Å². The van der Waals surface area contributed by atoms with E-state index in [-0.39, 0.29) is 11.5 Å². The quantitative estimate of drug-likeness (QED) is 0.387. The highest BCUT2D eigenvalue weighted by Gasteiger charge is 2.33. The number of carbonyl (C=O) groups excluding carboxylic acids is 1. The van der Waals surface area contributed by atoms with Crippen molar-refractivity contribution in [2.75, 3.05) is 0 Å². The summed E-state index contributed by atoms with van der Waals surface area (Å²) in [5.41, 5.74) is -0.659. The Balaban J connectivity index is 4.97. The summed E-state index contributed by atoms with van der Waals surface area (Å²) in [6, 6.07) is 0. The van der Waals surface area contributed by atoms with Gasteiger partial charge in [-0.2, -0.15) is 0 Å². The minimum atomic E-state index is -0.491. The highest BCUT2D eigenvalue weighted by Crippen LogP contribution is 2.24. The van der Waals surface area contributed by atoms with Crippen molar-refractivity contribution in [2.24, 2.45) is 16.0 Å². The summed E-state index contributed by atoms with van der Waals surface area (Å²) in [6.45, 7) is 11.0. The van der Waals surface area contributed by atoms with E-state index in [1.165, 1.54) is 0 Å². The molecule has 0 fully saturated rings. The van der Waals surface area contributed by atoms with Crippen LogP contribution in [0.1, 0.15) is 41.5 Å². The third kappa shape index (κ3) is 3.17. The smallest absolute Gasteiger partial charge is 0.186 e. The maximum Gasteiger partial charge on any atom is 0.186 e. The lowest BCUT2D eigenvalue weighted by Gasteiger charge is -2.24. The third-order valence-electron chi connectivity index (χ3n) is 1.71. The zero-order valence-electron chi connectivity index (χ0n) is 9.30. The second kappa shape index (κ2) is 3.48. The van der Waals surface area contributed by atoms with Gasteiger partial charge in [0, 0.05) is 10.8 Å². The molecule has 1 N–H and O–H groups in total. The van der Waals surface area contributed by atoms with Gasteiger partial charge in [0.05, 0.1) is 0 Å². The molecule has 0 unspecified atom stereocenters. The van der Waals surface area contributed by atoms with E-state index in [1.54, 1.807) is 0 Å². The fourth-order valence-corrected chi connectivity index (χ4v) is 0.891. The van der Waals surface area contributed by atoms with Gasteiger partial charge in [0.1, 0.15) is 5.71 Å². The summed E-state index contributed by atoms with van der Waals surface area (Å²) >= 11 is 0. The first kappa shape index (κ1) is 12.1. The SMILES string of the molecule is CC(C)(C)C(=O)/C(=N/O)C(C)(C)C.